The van der Waals surface area contributed by atoms with E-state index in [0.29, 0.717) is 25.3 Å². The van der Waals surface area contributed by atoms with E-state index < -0.39 is 0 Å². The molecule has 0 aromatic rings. The Labute approximate surface area is 103 Å². The minimum absolute atomic E-state index is 0.232. The summed E-state index contributed by atoms with van der Waals surface area (Å²) in [6.07, 6.45) is 7.57. The first-order valence-electron chi connectivity index (χ1n) is 7.02. The molecule has 0 spiro atoms. The number of piperidine rings is 1. The summed E-state index contributed by atoms with van der Waals surface area (Å²) in [7, 11) is 0. The molecule has 2 saturated carbocycles. The molecule has 1 heterocycles. The minimum Gasteiger partial charge on any atom is -0.335 e. The smallest absolute Gasteiger partial charge is 0.223 e. The number of nitrogens with zero attached hydrogens (tertiary/aromatic N) is 1. The van der Waals surface area contributed by atoms with Crippen LogP contribution in [0.5, 0.6) is 0 Å². The van der Waals surface area contributed by atoms with Gasteiger partial charge in [-0.15, -0.1) is 0 Å². The number of hydrogen-bond acceptors (Lipinski definition) is 2. The van der Waals surface area contributed by atoms with Crippen molar-refractivity contribution >= 4 is 11.7 Å². The Balaban J connectivity index is 1.54. The molecule has 1 aliphatic heterocycles. The van der Waals surface area contributed by atoms with E-state index in [1.807, 2.05) is 0 Å². The van der Waals surface area contributed by atoms with Gasteiger partial charge in [0.15, 0.2) is 5.78 Å². The molecule has 2 bridgehead atoms. The molecule has 0 aromatic heterocycles. The van der Waals surface area contributed by atoms with E-state index in [0.717, 1.165) is 24.8 Å². The molecule has 3 atom stereocenters. The summed E-state index contributed by atoms with van der Waals surface area (Å²) in [5.74, 6) is 2.80. The van der Waals surface area contributed by atoms with E-state index in [1.54, 1.807) is 4.90 Å². The maximum absolute atomic E-state index is 12.1. The Bertz CT molecular complexity index is 339. The zero-order chi connectivity index (χ0) is 11.8. The highest BCUT2D eigenvalue weighted by Gasteiger charge is 2.40. The van der Waals surface area contributed by atoms with Crippen LogP contribution < -0.4 is 0 Å². The maximum atomic E-state index is 12.1. The van der Waals surface area contributed by atoms with E-state index in [1.165, 1.54) is 25.7 Å². The first-order chi connectivity index (χ1) is 8.22. The van der Waals surface area contributed by atoms with Gasteiger partial charge in [-0.25, -0.2) is 0 Å². The van der Waals surface area contributed by atoms with Gasteiger partial charge in [-0.3, -0.25) is 9.59 Å². The number of rotatable bonds is 2. The molecule has 0 N–H and O–H groups in total. The maximum Gasteiger partial charge on any atom is 0.223 e. The first-order valence-corrected chi connectivity index (χ1v) is 7.02. The third-order valence-corrected chi connectivity index (χ3v) is 4.92. The number of Topliss-reactive ketones (excluding diaryl/α,β-unsaturated/α-hetero) is 1. The normalized spacial score (nSPS) is 36.6. The number of carbonyl (C=O) groups excluding carboxylic acids is 2. The van der Waals surface area contributed by atoms with Crippen molar-refractivity contribution in [1.29, 1.82) is 0 Å². The summed E-state index contributed by atoms with van der Waals surface area (Å²) < 4.78 is 0. The zero-order valence-electron chi connectivity index (χ0n) is 10.4. The Morgan fingerprint density at radius 1 is 1.29 bits per heavy atom. The molecule has 3 aliphatic rings. The number of hydrogen-bond donors (Lipinski definition) is 0. The van der Waals surface area contributed by atoms with E-state index in [4.69, 9.17) is 0 Å². The van der Waals surface area contributed by atoms with E-state index in [2.05, 4.69) is 0 Å². The van der Waals surface area contributed by atoms with Crippen molar-refractivity contribution in [2.75, 3.05) is 13.1 Å². The molecule has 2 aliphatic carbocycles. The molecule has 3 fully saturated rings. The average molecular weight is 235 g/mol. The fourth-order valence-electron chi connectivity index (χ4n) is 4.03. The summed E-state index contributed by atoms with van der Waals surface area (Å²) in [5, 5.41) is 0. The summed E-state index contributed by atoms with van der Waals surface area (Å²) in [5.41, 5.74) is 0. The molecular formula is C14H21NO2. The highest BCUT2D eigenvalue weighted by atomic mass is 16.2. The number of amides is 1. The van der Waals surface area contributed by atoms with E-state index in [-0.39, 0.29) is 11.7 Å². The van der Waals surface area contributed by atoms with Crippen molar-refractivity contribution in [2.45, 2.75) is 44.9 Å². The summed E-state index contributed by atoms with van der Waals surface area (Å²) in [4.78, 5) is 25.3. The predicted octanol–water partition coefficient (Wildman–Crippen LogP) is 2.00. The lowest BCUT2D eigenvalue weighted by molar-refractivity contribution is -0.138. The van der Waals surface area contributed by atoms with Crippen LogP contribution >= 0.6 is 0 Å². The van der Waals surface area contributed by atoms with Gasteiger partial charge in [0.25, 0.3) is 0 Å². The van der Waals surface area contributed by atoms with Gasteiger partial charge in [-0.1, -0.05) is 6.42 Å². The fourth-order valence-corrected chi connectivity index (χ4v) is 4.03. The van der Waals surface area contributed by atoms with Crippen molar-refractivity contribution in [3.05, 3.63) is 0 Å². The Kier molecular flexibility index (Phi) is 2.93. The molecule has 1 amide bonds. The second kappa shape index (κ2) is 4.43. The highest BCUT2D eigenvalue weighted by Crippen LogP contribution is 2.49. The Morgan fingerprint density at radius 2 is 2.18 bits per heavy atom. The fraction of sp³-hybridized carbons (Fsp3) is 0.857. The second-order valence-corrected chi connectivity index (χ2v) is 6.10. The number of fused-ring (bicyclic) bond motifs is 2. The van der Waals surface area contributed by atoms with E-state index >= 15 is 0 Å². The van der Waals surface area contributed by atoms with Gasteiger partial charge >= 0.3 is 0 Å². The van der Waals surface area contributed by atoms with Crippen molar-refractivity contribution in [2.24, 2.45) is 17.8 Å². The van der Waals surface area contributed by atoms with Gasteiger partial charge in [0.1, 0.15) is 0 Å². The van der Waals surface area contributed by atoms with Gasteiger partial charge < -0.3 is 4.90 Å². The number of likely N-dealkylation sites (tertiary alicyclic amines) is 1. The Hall–Kier alpha value is -0.860. The van der Waals surface area contributed by atoms with Crippen LogP contribution in [0.4, 0.5) is 0 Å². The van der Waals surface area contributed by atoms with Crippen LogP contribution in [-0.2, 0) is 9.59 Å². The lowest BCUT2D eigenvalue weighted by Gasteiger charge is -2.29. The molecule has 3 heteroatoms. The molecule has 94 valence electrons. The standard InChI is InChI=1S/C14H21NO2/c16-13-2-1-5-15(9-13)14(17)8-12-7-10-3-4-11(12)6-10/h10-12H,1-9H2. The average Bonchev–Trinajstić information content (AvgIpc) is 2.91. The minimum atomic E-state index is 0.232. The van der Waals surface area contributed by atoms with Gasteiger partial charge in [-0.05, 0) is 43.4 Å². The third-order valence-electron chi connectivity index (χ3n) is 4.92. The highest BCUT2D eigenvalue weighted by molar-refractivity contribution is 5.87. The Morgan fingerprint density at radius 3 is 2.82 bits per heavy atom. The number of carbonyl (C=O) groups is 2. The molecule has 0 radical (unpaired) electrons. The monoisotopic (exact) mass is 235 g/mol. The molecule has 1 saturated heterocycles. The van der Waals surface area contributed by atoms with Gasteiger partial charge in [-0.2, -0.15) is 0 Å². The quantitative estimate of drug-likeness (QED) is 0.734. The molecule has 17 heavy (non-hydrogen) atoms. The van der Waals surface area contributed by atoms with Crippen LogP contribution in [0.15, 0.2) is 0 Å². The molecule has 3 rings (SSSR count). The third kappa shape index (κ3) is 2.24. The van der Waals surface area contributed by atoms with Crippen molar-refractivity contribution < 1.29 is 9.59 Å². The molecule has 3 unspecified atom stereocenters. The van der Waals surface area contributed by atoms with Crippen molar-refractivity contribution in [3.8, 4) is 0 Å². The van der Waals surface area contributed by atoms with E-state index in [9.17, 15) is 9.59 Å². The van der Waals surface area contributed by atoms with Crippen LogP contribution in [0.2, 0.25) is 0 Å². The van der Waals surface area contributed by atoms with Crippen molar-refractivity contribution in [3.63, 3.8) is 0 Å². The van der Waals surface area contributed by atoms with Crippen LogP contribution in [0.25, 0.3) is 0 Å². The van der Waals surface area contributed by atoms with Crippen LogP contribution in [-0.4, -0.2) is 29.7 Å². The van der Waals surface area contributed by atoms with Gasteiger partial charge in [0, 0.05) is 19.4 Å². The van der Waals surface area contributed by atoms with Crippen molar-refractivity contribution in [1.82, 2.24) is 4.90 Å². The van der Waals surface area contributed by atoms with Crippen LogP contribution in [0, 0.1) is 17.8 Å². The summed E-state index contributed by atoms with van der Waals surface area (Å²) >= 11 is 0. The lowest BCUT2D eigenvalue weighted by atomic mass is 9.86. The second-order valence-electron chi connectivity index (χ2n) is 6.10. The van der Waals surface area contributed by atoms with Gasteiger partial charge in [0.2, 0.25) is 5.91 Å². The number of ketones is 1. The molecular weight excluding hydrogens is 214 g/mol. The molecule has 3 nitrogen and oxygen atoms in total. The van der Waals surface area contributed by atoms with Gasteiger partial charge in [0.05, 0.1) is 6.54 Å². The summed E-state index contributed by atoms with van der Waals surface area (Å²) in [6.45, 7) is 1.17. The van der Waals surface area contributed by atoms with Crippen LogP contribution in [0.1, 0.15) is 44.9 Å². The van der Waals surface area contributed by atoms with Crippen LogP contribution in [0.3, 0.4) is 0 Å². The summed E-state index contributed by atoms with van der Waals surface area (Å²) in [6, 6.07) is 0. The predicted molar refractivity (Wildman–Crippen MR) is 64.4 cm³/mol. The lowest BCUT2D eigenvalue weighted by Crippen LogP contribution is -2.41. The first kappa shape index (κ1) is 11.2. The molecule has 0 aromatic carbocycles. The zero-order valence-corrected chi connectivity index (χ0v) is 10.4. The largest absolute Gasteiger partial charge is 0.335 e. The SMILES string of the molecule is O=C1CCCN(C(=O)CC2CC3CCC2C3)C1. The topological polar surface area (TPSA) is 37.4 Å².